The zero-order valence-electron chi connectivity index (χ0n) is 6.17. The number of alkyl halides is 1. The molecule has 1 heterocycles. The van der Waals surface area contributed by atoms with Gasteiger partial charge in [0.1, 0.15) is 31.1 Å². The highest BCUT2D eigenvalue weighted by atomic mass is 19.1. The molecule has 1 aliphatic rings. The fourth-order valence-corrected chi connectivity index (χ4v) is 1.06. The van der Waals surface area contributed by atoms with E-state index in [0.717, 1.165) is 0 Å². The van der Waals surface area contributed by atoms with Crippen LogP contribution in [0, 0.1) is 0 Å². The molecule has 1 rings (SSSR count). The van der Waals surface area contributed by atoms with Crippen molar-refractivity contribution < 1.29 is 29.6 Å². The second-order valence-electron chi connectivity index (χ2n) is 2.69. The number of aliphatic hydroxyl groups excluding tert-OH is 4. The third kappa shape index (κ3) is 1.57. The Kier molecular flexibility index (Phi) is 2.97. The predicted molar refractivity (Wildman–Crippen MR) is 34.9 cm³/mol. The standard InChI is InChI=1S/C6H11FO5/c7-1-2-3(8)4(9)5(10)6(11)12-2/h2-6,8-11H,1H2/t2-,3-,4-,5-,6+/m0/s1. The fraction of sp³-hybridized carbons (Fsp3) is 1.00. The zero-order valence-corrected chi connectivity index (χ0v) is 6.17. The van der Waals surface area contributed by atoms with E-state index >= 15 is 0 Å². The predicted octanol–water partition coefficient (Wildman–Crippen LogP) is -2.24. The zero-order chi connectivity index (χ0) is 9.30. The van der Waals surface area contributed by atoms with Crippen molar-refractivity contribution >= 4 is 0 Å². The minimum atomic E-state index is -1.65. The van der Waals surface area contributed by atoms with Gasteiger partial charge in [-0.2, -0.15) is 0 Å². The van der Waals surface area contributed by atoms with Gasteiger partial charge in [-0.05, 0) is 0 Å². The van der Waals surface area contributed by atoms with E-state index in [0.29, 0.717) is 0 Å². The molecule has 1 aliphatic heterocycles. The maximum absolute atomic E-state index is 12.0. The van der Waals surface area contributed by atoms with Crippen LogP contribution in [0.15, 0.2) is 0 Å². The van der Waals surface area contributed by atoms with E-state index in [2.05, 4.69) is 4.74 Å². The molecular weight excluding hydrogens is 171 g/mol. The lowest BCUT2D eigenvalue weighted by atomic mass is 10.00. The Morgan fingerprint density at radius 1 is 1.00 bits per heavy atom. The van der Waals surface area contributed by atoms with Crippen LogP contribution in [0.2, 0.25) is 0 Å². The number of halogens is 1. The first-order chi connectivity index (χ1) is 5.57. The molecule has 5 nitrogen and oxygen atoms in total. The number of rotatable bonds is 1. The molecule has 0 aromatic heterocycles. The maximum atomic E-state index is 12.0. The molecule has 72 valence electrons. The highest BCUT2D eigenvalue weighted by Crippen LogP contribution is 2.19. The van der Waals surface area contributed by atoms with E-state index in [1.54, 1.807) is 0 Å². The van der Waals surface area contributed by atoms with E-state index in [1.165, 1.54) is 0 Å². The summed E-state index contributed by atoms with van der Waals surface area (Å²) < 4.78 is 16.5. The number of hydrogen-bond acceptors (Lipinski definition) is 5. The Bertz CT molecular complexity index is 150. The van der Waals surface area contributed by atoms with Crippen molar-refractivity contribution in [3.63, 3.8) is 0 Å². The van der Waals surface area contributed by atoms with Crippen LogP contribution in [0.25, 0.3) is 0 Å². The minimum Gasteiger partial charge on any atom is -0.387 e. The van der Waals surface area contributed by atoms with Gasteiger partial charge in [-0.3, -0.25) is 0 Å². The Hall–Kier alpha value is -0.270. The average Bonchev–Trinajstić information content (AvgIpc) is 2.08. The van der Waals surface area contributed by atoms with Gasteiger partial charge in [-0.25, -0.2) is 4.39 Å². The second-order valence-corrected chi connectivity index (χ2v) is 2.69. The first-order valence-electron chi connectivity index (χ1n) is 3.51. The van der Waals surface area contributed by atoms with Crippen LogP contribution in [-0.2, 0) is 4.74 Å². The van der Waals surface area contributed by atoms with E-state index in [-0.39, 0.29) is 0 Å². The number of ether oxygens (including phenoxy) is 1. The van der Waals surface area contributed by atoms with Crippen LogP contribution in [-0.4, -0.2) is 57.8 Å². The van der Waals surface area contributed by atoms with Gasteiger partial charge in [0.25, 0.3) is 0 Å². The normalized spacial score (nSPS) is 49.2. The molecule has 4 N–H and O–H groups in total. The van der Waals surface area contributed by atoms with Gasteiger partial charge in [-0.15, -0.1) is 0 Å². The largest absolute Gasteiger partial charge is 0.387 e. The van der Waals surface area contributed by atoms with E-state index in [9.17, 15) is 4.39 Å². The summed E-state index contributed by atoms with van der Waals surface area (Å²) in [4.78, 5) is 0. The van der Waals surface area contributed by atoms with Crippen LogP contribution in [0.4, 0.5) is 4.39 Å². The molecule has 5 atom stereocenters. The molecule has 0 amide bonds. The van der Waals surface area contributed by atoms with Gasteiger partial charge in [0.15, 0.2) is 6.29 Å². The van der Waals surface area contributed by atoms with Crippen LogP contribution < -0.4 is 0 Å². The van der Waals surface area contributed by atoms with Crippen molar-refractivity contribution in [1.29, 1.82) is 0 Å². The smallest absolute Gasteiger partial charge is 0.184 e. The SMILES string of the molecule is O[C@H]1[C@@H](O)[C@H](CF)O[C@@H](O)[C@H]1O. The number of hydrogen-bond donors (Lipinski definition) is 4. The Morgan fingerprint density at radius 3 is 2.08 bits per heavy atom. The van der Waals surface area contributed by atoms with E-state index in [1.807, 2.05) is 0 Å². The minimum absolute atomic E-state index is 1.03. The molecule has 12 heavy (non-hydrogen) atoms. The quantitative estimate of drug-likeness (QED) is 0.368. The van der Waals surface area contributed by atoms with E-state index < -0.39 is 37.4 Å². The van der Waals surface area contributed by atoms with Gasteiger partial charge in [0.2, 0.25) is 0 Å². The Balaban J connectivity index is 2.63. The van der Waals surface area contributed by atoms with Gasteiger partial charge in [0.05, 0.1) is 0 Å². The molecule has 0 unspecified atom stereocenters. The summed E-state index contributed by atoms with van der Waals surface area (Å²) in [5.74, 6) is 0. The van der Waals surface area contributed by atoms with Crippen molar-refractivity contribution in [3.05, 3.63) is 0 Å². The van der Waals surface area contributed by atoms with Gasteiger partial charge >= 0.3 is 0 Å². The molecule has 0 aromatic rings. The monoisotopic (exact) mass is 182 g/mol. The summed E-state index contributed by atoms with van der Waals surface area (Å²) in [6.45, 7) is -1.03. The van der Waals surface area contributed by atoms with Crippen LogP contribution in [0.1, 0.15) is 0 Å². The molecule has 6 heteroatoms. The summed E-state index contributed by atoms with van der Waals surface area (Å²) in [5, 5.41) is 35.8. The lowest BCUT2D eigenvalue weighted by molar-refractivity contribution is -0.283. The number of aliphatic hydroxyl groups is 4. The van der Waals surface area contributed by atoms with Crippen LogP contribution in [0.5, 0.6) is 0 Å². The highest BCUT2D eigenvalue weighted by molar-refractivity contribution is 4.88. The second kappa shape index (κ2) is 3.63. The lowest BCUT2D eigenvalue weighted by Gasteiger charge is -2.37. The molecule has 0 saturated carbocycles. The van der Waals surface area contributed by atoms with Gasteiger partial charge in [-0.1, -0.05) is 0 Å². The van der Waals surface area contributed by atoms with Crippen molar-refractivity contribution in [2.45, 2.75) is 30.7 Å². The summed E-state index contributed by atoms with van der Waals surface area (Å²) in [5.41, 5.74) is 0. The molecular formula is C6H11FO5. The first kappa shape index (κ1) is 9.82. The maximum Gasteiger partial charge on any atom is 0.184 e. The molecule has 1 saturated heterocycles. The molecule has 0 aliphatic carbocycles. The van der Waals surface area contributed by atoms with Crippen molar-refractivity contribution in [3.8, 4) is 0 Å². The molecule has 0 bridgehead atoms. The van der Waals surface area contributed by atoms with Crippen molar-refractivity contribution in [2.24, 2.45) is 0 Å². The Labute approximate surface area is 68.0 Å². The van der Waals surface area contributed by atoms with E-state index in [4.69, 9.17) is 20.4 Å². The van der Waals surface area contributed by atoms with Crippen LogP contribution in [0.3, 0.4) is 0 Å². The fourth-order valence-electron chi connectivity index (χ4n) is 1.06. The average molecular weight is 182 g/mol. The Morgan fingerprint density at radius 2 is 1.58 bits per heavy atom. The van der Waals surface area contributed by atoms with Gasteiger partial charge in [0, 0.05) is 0 Å². The third-order valence-corrected chi connectivity index (χ3v) is 1.84. The molecule has 0 spiro atoms. The topological polar surface area (TPSA) is 90.2 Å². The van der Waals surface area contributed by atoms with Crippen LogP contribution >= 0.6 is 0 Å². The first-order valence-corrected chi connectivity index (χ1v) is 3.51. The molecule has 0 radical (unpaired) electrons. The highest BCUT2D eigenvalue weighted by Gasteiger charge is 2.42. The summed E-state index contributed by atoms with van der Waals surface area (Å²) >= 11 is 0. The lowest BCUT2D eigenvalue weighted by Crippen LogP contribution is -2.58. The molecule has 1 fully saturated rings. The summed E-state index contributed by atoms with van der Waals surface area (Å²) in [6, 6.07) is 0. The third-order valence-electron chi connectivity index (χ3n) is 1.84. The summed E-state index contributed by atoms with van der Waals surface area (Å²) in [6.07, 6.45) is -7.60. The van der Waals surface area contributed by atoms with Gasteiger partial charge < -0.3 is 25.2 Å². The summed E-state index contributed by atoms with van der Waals surface area (Å²) in [7, 11) is 0. The molecule has 0 aromatic carbocycles. The van der Waals surface area contributed by atoms with Crippen molar-refractivity contribution in [2.75, 3.05) is 6.67 Å². The van der Waals surface area contributed by atoms with Crippen molar-refractivity contribution in [1.82, 2.24) is 0 Å².